The van der Waals surface area contributed by atoms with Gasteiger partial charge in [0, 0.05) is 15.6 Å². The van der Waals surface area contributed by atoms with Crippen molar-refractivity contribution in [3.63, 3.8) is 0 Å². The van der Waals surface area contributed by atoms with Crippen LogP contribution in [0.5, 0.6) is 0 Å². The highest BCUT2D eigenvalue weighted by Crippen LogP contribution is 2.35. The normalized spacial score (nSPS) is 20.4. The fraction of sp³-hybridized carbons (Fsp3) is 0.182. The maximum atomic E-state index is 11.9. The third-order valence-corrected chi connectivity index (χ3v) is 4.36. The van der Waals surface area contributed by atoms with Gasteiger partial charge in [0.15, 0.2) is 5.78 Å². The lowest BCUT2D eigenvalue weighted by atomic mass is 9.92. The van der Waals surface area contributed by atoms with Crippen molar-refractivity contribution in [3.8, 4) is 0 Å². The molecule has 1 heterocycles. The molecule has 14 heavy (non-hydrogen) atoms. The van der Waals surface area contributed by atoms with Crippen molar-refractivity contribution in [3.05, 3.63) is 34.7 Å². The number of hydrogen-bond acceptors (Lipinski definition) is 2. The van der Waals surface area contributed by atoms with E-state index in [0.29, 0.717) is 0 Å². The molecule has 0 radical (unpaired) electrons. The van der Waals surface area contributed by atoms with E-state index < -0.39 is 0 Å². The number of ketones is 1. The van der Waals surface area contributed by atoms with Crippen LogP contribution in [0.1, 0.15) is 15.9 Å². The zero-order valence-corrected chi connectivity index (χ0v) is 9.69. The molecule has 0 bridgehead atoms. The Balaban J connectivity index is 2.44. The monoisotopic (exact) mass is 266 g/mol. The number of benzene rings is 1. The Morgan fingerprint density at radius 2 is 2.29 bits per heavy atom. The molecule has 0 saturated carbocycles. The topological polar surface area (TPSA) is 17.1 Å². The number of carbonyl (C=O) groups is 1. The fourth-order valence-electron chi connectivity index (χ4n) is 1.96. The van der Waals surface area contributed by atoms with Gasteiger partial charge in [-0.1, -0.05) is 28.1 Å². The van der Waals surface area contributed by atoms with Gasteiger partial charge in [0.05, 0.1) is 4.83 Å². The van der Waals surface area contributed by atoms with Gasteiger partial charge in [-0.25, -0.2) is 0 Å². The molecule has 0 amide bonds. The quantitative estimate of drug-likeness (QED) is 0.668. The zero-order chi connectivity index (χ0) is 9.71. The highest BCUT2D eigenvalue weighted by Gasteiger charge is 2.27. The van der Waals surface area contributed by atoms with Crippen molar-refractivity contribution < 1.29 is 4.79 Å². The first-order valence-electron chi connectivity index (χ1n) is 4.45. The Kier molecular flexibility index (Phi) is 1.79. The summed E-state index contributed by atoms with van der Waals surface area (Å²) in [7, 11) is 0. The summed E-state index contributed by atoms with van der Waals surface area (Å²) in [6.07, 6.45) is 0.829. The van der Waals surface area contributed by atoms with E-state index in [1.54, 1.807) is 11.3 Å². The van der Waals surface area contributed by atoms with Crippen LogP contribution in [0.15, 0.2) is 23.6 Å². The Morgan fingerprint density at radius 1 is 1.43 bits per heavy atom. The van der Waals surface area contributed by atoms with Crippen LogP contribution in [0.4, 0.5) is 0 Å². The smallest absolute Gasteiger partial charge is 0.177 e. The lowest BCUT2D eigenvalue weighted by Gasteiger charge is -2.16. The molecular weight excluding hydrogens is 260 g/mol. The van der Waals surface area contributed by atoms with E-state index in [0.717, 1.165) is 12.0 Å². The number of carbonyl (C=O) groups excluding carboxylic acids is 1. The van der Waals surface area contributed by atoms with Gasteiger partial charge in [-0.05, 0) is 23.4 Å². The lowest BCUT2D eigenvalue weighted by Crippen LogP contribution is -2.21. The third-order valence-electron chi connectivity index (χ3n) is 2.62. The van der Waals surface area contributed by atoms with Crippen molar-refractivity contribution in [1.29, 1.82) is 0 Å². The van der Waals surface area contributed by atoms with Gasteiger partial charge in [0.2, 0.25) is 0 Å². The van der Waals surface area contributed by atoms with Crippen LogP contribution in [0, 0.1) is 0 Å². The molecule has 0 spiro atoms. The minimum Gasteiger partial charge on any atom is -0.293 e. The average molecular weight is 267 g/mol. The van der Waals surface area contributed by atoms with E-state index >= 15 is 0 Å². The van der Waals surface area contributed by atoms with Gasteiger partial charge < -0.3 is 0 Å². The van der Waals surface area contributed by atoms with Crippen molar-refractivity contribution in [2.75, 3.05) is 0 Å². The lowest BCUT2D eigenvalue weighted by molar-refractivity contribution is 0.0990. The number of rotatable bonds is 0. The Morgan fingerprint density at radius 3 is 3.14 bits per heavy atom. The van der Waals surface area contributed by atoms with E-state index in [2.05, 4.69) is 27.4 Å². The molecule has 3 heteroatoms. The minimum atomic E-state index is -0.0322. The van der Waals surface area contributed by atoms with Crippen LogP contribution in [0.25, 0.3) is 10.1 Å². The van der Waals surface area contributed by atoms with Crippen LogP contribution in [-0.2, 0) is 6.42 Å². The molecule has 1 atom stereocenters. The number of Topliss-reactive ketones (excluding diaryl/α,β-unsaturated/α-hetero) is 1. The molecule has 3 rings (SSSR count). The SMILES string of the molecule is O=C1c2cccc3scc(c23)CC1Br. The summed E-state index contributed by atoms with van der Waals surface area (Å²) in [5.74, 6) is 0.224. The van der Waals surface area contributed by atoms with E-state index in [-0.39, 0.29) is 10.6 Å². The van der Waals surface area contributed by atoms with E-state index in [1.165, 1.54) is 15.6 Å². The highest BCUT2D eigenvalue weighted by molar-refractivity contribution is 9.10. The maximum Gasteiger partial charge on any atom is 0.177 e. The predicted octanol–water partition coefficient (Wildman–Crippen LogP) is 3.40. The van der Waals surface area contributed by atoms with E-state index in [1.807, 2.05) is 12.1 Å². The number of hydrogen-bond donors (Lipinski definition) is 0. The molecule has 1 aliphatic rings. The summed E-state index contributed by atoms with van der Waals surface area (Å²) < 4.78 is 1.23. The zero-order valence-electron chi connectivity index (χ0n) is 7.29. The molecule has 70 valence electrons. The molecule has 0 saturated heterocycles. The van der Waals surface area contributed by atoms with Gasteiger partial charge in [-0.2, -0.15) is 0 Å². The van der Waals surface area contributed by atoms with Gasteiger partial charge >= 0.3 is 0 Å². The Bertz CT molecular complexity index is 529. The summed E-state index contributed by atoms with van der Waals surface area (Å²) >= 11 is 5.15. The first kappa shape index (κ1) is 8.62. The fourth-order valence-corrected chi connectivity index (χ4v) is 3.56. The van der Waals surface area contributed by atoms with Crippen molar-refractivity contribution in [1.82, 2.24) is 0 Å². The first-order chi connectivity index (χ1) is 6.77. The standard InChI is InChI=1S/C11H7BrOS/c12-8-4-6-5-14-9-3-1-2-7(10(6)9)11(8)13/h1-3,5,8H,4H2. The molecule has 2 aromatic rings. The summed E-state index contributed by atoms with van der Waals surface area (Å²) in [6, 6.07) is 5.96. The highest BCUT2D eigenvalue weighted by atomic mass is 79.9. The third kappa shape index (κ3) is 1.03. The number of thiophene rings is 1. The first-order valence-corrected chi connectivity index (χ1v) is 6.24. The van der Waals surface area contributed by atoms with Crippen LogP contribution in [0.2, 0.25) is 0 Å². The van der Waals surface area contributed by atoms with Crippen LogP contribution in [0.3, 0.4) is 0 Å². The van der Waals surface area contributed by atoms with Crippen molar-refractivity contribution in [2.24, 2.45) is 0 Å². The second-order valence-electron chi connectivity index (χ2n) is 3.48. The van der Waals surface area contributed by atoms with Crippen molar-refractivity contribution in [2.45, 2.75) is 11.2 Å². The number of alkyl halides is 1. The van der Waals surface area contributed by atoms with Crippen LogP contribution < -0.4 is 0 Å². The summed E-state index contributed by atoms with van der Waals surface area (Å²) in [5, 5.41) is 3.34. The molecule has 1 unspecified atom stereocenters. The second kappa shape index (κ2) is 2.91. The Hall–Kier alpha value is -0.670. The minimum absolute atomic E-state index is 0.0322. The van der Waals surface area contributed by atoms with E-state index in [4.69, 9.17) is 0 Å². The molecule has 1 aliphatic carbocycles. The van der Waals surface area contributed by atoms with Gasteiger partial charge in [-0.15, -0.1) is 11.3 Å². The summed E-state index contributed by atoms with van der Waals surface area (Å²) in [6.45, 7) is 0. The van der Waals surface area contributed by atoms with Crippen LogP contribution in [-0.4, -0.2) is 10.6 Å². The maximum absolute atomic E-state index is 11.9. The average Bonchev–Trinajstić information content (AvgIpc) is 2.59. The molecule has 0 aliphatic heterocycles. The van der Waals surface area contributed by atoms with Gasteiger partial charge in [-0.3, -0.25) is 4.79 Å². The molecule has 1 nitrogen and oxygen atoms in total. The Labute approximate surface area is 93.9 Å². The molecule has 0 N–H and O–H groups in total. The van der Waals surface area contributed by atoms with Crippen LogP contribution >= 0.6 is 27.3 Å². The summed E-state index contributed by atoms with van der Waals surface area (Å²) in [4.78, 5) is 11.8. The predicted molar refractivity (Wildman–Crippen MR) is 62.6 cm³/mol. The largest absolute Gasteiger partial charge is 0.293 e. The summed E-state index contributed by atoms with van der Waals surface area (Å²) in [5.41, 5.74) is 2.19. The molecule has 1 aromatic heterocycles. The molecule has 1 aromatic carbocycles. The molecule has 0 fully saturated rings. The number of halogens is 1. The van der Waals surface area contributed by atoms with Gasteiger partial charge in [0.25, 0.3) is 0 Å². The van der Waals surface area contributed by atoms with E-state index in [9.17, 15) is 4.79 Å². The second-order valence-corrected chi connectivity index (χ2v) is 5.49. The van der Waals surface area contributed by atoms with Gasteiger partial charge in [0.1, 0.15) is 0 Å². The molecular formula is C11H7BrOS. The van der Waals surface area contributed by atoms with Crippen molar-refractivity contribution >= 4 is 43.1 Å².